The first kappa shape index (κ1) is 19.2. The summed E-state index contributed by atoms with van der Waals surface area (Å²) in [5.41, 5.74) is 0.518. The summed E-state index contributed by atoms with van der Waals surface area (Å²) in [5.74, 6) is 0.480. The van der Waals surface area contributed by atoms with Crippen molar-refractivity contribution in [3.8, 4) is 0 Å². The molecule has 0 radical (unpaired) electrons. The van der Waals surface area contributed by atoms with E-state index >= 15 is 0 Å². The van der Waals surface area contributed by atoms with Crippen molar-refractivity contribution in [1.82, 2.24) is 9.78 Å². The van der Waals surface area contributed by atoms with E-state index < -0.39 is 11.7 Å². The third-order valence-corrected chi connectivity index (χ3v) is 4.04. The molecule has 2 N–H and O–H groups in total. The lowest BCUT2D eigenvalue weighted by molar-refractivity contribution is -0.137. The van der Waals surface area contributed by atoms with Gasteiger partial charge < -0.3 is 10.6 Å². The van der Waals surface area contributed by atoms with Gasteiger partial charge in [-0.3, -0.25) is 4.68 Å². The van der Waals surface area contributed by atoms with Gasteiger partial charge >= 0.3 is 6.18 Å². The molecule has 0 amide bonds. The van der Waals surface area contributed by atoms with Crippen LogP contribution >= 0.6 is 23.8 Å². The molecule has 0 atom stereocenters. The zero-order chi connectivity index (χ0) is 19.4. The van der Waals surface area contributed by atoms with Gasteiger partial charge in [-0.2, -0.15) is 18.3 Å². The summed E-state index contributed by atoms with van der Waals surface area (Å²) in [4.78, 5) is 0. The number of anilines is 2. The molecule has 0 aliphatic heterocycles. The van der Waals surface area contributed by atoms with Crippen LogP contribution in [-0.4, -0.2) is 14.9 Å². The molecule has 0 fully saturated rings. The maximum absolute atomic E-state index is 12.8. The fourth-order valence-electron chi connectivity index (χ4n) is 2.35. The fraction of sp³-hybridized carbons (Fsp3) is 0.111. The number of aromatic nitrogens is 2. The van der Waals surface area contributed by atoms with Gasteiger partial charge in [0.15, 0.2) is 10.9 Å². The van der Waals surface area contributed by atoms with E-state index in [1.165, 1.54) is 12.1 Å². The predicted molar refractivity (Wildman–Crippen MR) is 104 cm³/mol. The van der Waals surface area contributed by atoms with E-state index in [9.17, 15) is 13.2 Å². The highest BCUT2D eigenvalue weighted by atomic mass is 35.5. The van der Waals surface area contributed by atoms with Crippen LogP contribution in [0, 0.1) is 0 Å². The Kier molecular flexibility index (Phi) is 5.67. The van der Waals surface area contributed by atoms with Gasteiger partial charge in [-0.15, -0.1) is 0 Å². The van der Waals surface area contributed by atoms with E-state index in [4.69, 9.17) is 23.8 Å². The molecular weight excluding hydrogens is 397 g/mol. The van der Waals surface area contributed by atoms with Gasteiger partial charge in [0.2, 0.25) is 0 Å². The minimum atomic E-state index is -4.41. The minimum Gasteiger partial charge on any atom is -0.332 e. The summed E-state index contributed by atoms with van der Waals surface area (Å²) in [6, 6.07) is 13.9. The molecule has 2 aromatic carbocycles. The highest BCUT2D eigenvalue weighted by molar-refractivity contribution is 7.80. The molecule has 4 nitrogen and oxygen atoms in total. The van der Waals surface area contributed by atoms with Gasteiger partial charge in [0.1, 0.15) is 0 Å². The second-order valence-electron chi connectivity index (χ2n) is 5.68. The third kappa shape index (κ3) is 5.45. The lowest BCUT2D eigenvalue weighted by atomic mass is 10.2. The normalized spacial score (nSPS) is 11.3. The molecule has 9 heteroatoms. The second kappa shape index (κ2) is 7.98. The molecule has 140 valence electrons. The van der Waals surface area contributed by atoms with Crippen molar-refractivity contribution in [2.24, 2.45) is 0 Å². The minimum absolute atomic E-state index is 0.145. The van der Waals surface area contributed by atoms with E-state index in [-0.39, 0.29) is 10.8 Å². The highest BCUT2D eigenvalue weighted by Gasteiger charge is 2.30. The Morgan fingerprint density at radius 2 is 1.81 bits per heavy atom. The lowest BCUT2D eigenvalue weighted by Crippen LogP contribution is -2.20. The van der Waals surface area contributed by atoms with Gasteiger partial charge in [-0.1, -0.05) is 29.8 Å². The standard InChI is InChI=1S/C18H14ClF3N4S/c19-14-6-4-12(5-7-14)11-26-9-8-16(25-26)24-17(27)23-15-3-1-2-13(10-15)18(20,21)22/h1-10H,11H2,(H2,23,24,25,27). The van der Waals surface area contributed by atoms with Crippen LogP contribution in [0.5, 0.6) is 0 Å². The van der Waals surface area contributed by atoms with E-state index in [0.717, 1.165) is 17.7 Å². The Morgan fingerprint density at radius 3 is 2.52 bits per heavy atom. The maximum atomic E-state index is 12.8. The molecule has 0 unspecified atom stereocenters. The zero-order valence-electron chi connectivity index (χ0n) is 13.8. The van der Waals surface area contributed by atoms with Crippen molar-refractivity contribution >= 4 is 40.4 Å². The largest absolute Gasteiger partial charge is 0.416 e. The van der Waals surface area contributed by atoms with Crippen LogP contribution in [0.1, 0.15) is 11.1 Å². The van der Waals surface area contributed by atoms with E-state index in [0.29, 0.717) is 17.4 Å². The fourth-order valence-corrected chi connectivity index (χ4v) is 2.69. The first-order valence-electron chi connectivity index (χ1n) is 7.83. The van der Waals surface area contributed by atoms with Crippen molar-refractivity contribution in [3.63, 3.8) is 0 Å². The van der Waals surface area contributed by atoms with Gasteiger partial charge in [0, 0.05) is 23.0 Å². The van der Waals surface area contributed by atoms with Crippen LogP contribution in [0.3, 0.4) is 0 Å². The molecule has 3 rings (SSSR count). The predicted octanol–water partition coefficient (Wildman–Crippen LogP) is 5.41. The molecule has 0 aliphatic carbocycles. The Balaban J connectivity index is 1.60. The van der Waals surface area contributed by atoms with E-state index in [2.05, 4.69) is 15.7 Å². The Labute approximate surface area is 164 Å². The smallest absolute Gasteiger partial charge is 0.332 e. The van der Waals surface area contributed by atoms with Crippen LogP contribution in [0.4, 0.5) is 24.7 Å². The van der Waals surface area contributed by atoms with E-state index in [1.807, 2.05) is 12.1 Å². The Morgan fingerprint density at radius 1 is 1.07 bits per heavy atom. The van der Waals surface area contributed by atoms with Gasteiger partial charge in [0.25, 0.3) is 0 Å². The number of hydrogen-bond donors (Lipinski definition) is 2. The van der Waals surface area contributed by atoms with Crippen LogP contribution in [0.25, 0.3) is 0 Å². The number of halogens is 4. The monoisotopic (exact) mass is 410 g/mol. The van der Waals surface area contributed by atoms with Crippen molar-refractivity contribution in [2.45, 2.75) is 12.7 Å². The quantitative estimate of drug-likeness (QED) is 0.564. The summed E-state index contributed by atoms with van der Waals surface area (Å²) in [7, 11) is 0. The highest BCUT2D eigenvalue weighted by Crippen LogP contribution is 2.30. The van der Waals surface area contributed by atoms with Gasteiger partial charge in [-0.25, -0.2) is 0 Å². The number of thiocarbonyl (C=S) groups is 1. The van der Waals surface area contributed by atoms with Crippen LogP contribution < -0.4 is 10.6 Å². The van der Waals surface area contributed by atoms with Crippen molar-refractivity contribution in [2.75, 3.05) is 10.6 Å². The molecule has 0 bridgehead atoms. The second-order valence-corrected chi connectivity index (χ2v) is 6.53. The summed E-state index contributed by atoms with van der Waals surface area (Å²) in [6.45, 7) is 0.548. The van der Waals surface area contributed by atoms with E-state index in [1.54, 1.807) is 29.1 Å². The molecule has 0 saturated carbocycles. The van der Waals surface area contributed by atoms with Gasteiger partial charge in [-0.05, 0) is 48.1 Å². The molecule has 0 spiro atoms. The van der Waals surface area contributed by atoms with Crippen molar-refractivity contribution < 1.29 is 13.2 Å². The number of nitrogens with zero attached hydrogens (tertiary/aromatic N) is 2. The summed E-state index contributed by atoms with van der Waals surface area (Å²) >= 11 is 11.0. The third-order valence-electron chi connectivity index (χ3n) is 3.59. The number of nitrogens with one attached hydrogen (secondary N) is 2. The van der Waals surface area contributed by atoms with Gasteiger partial charge in [0.05, 0.1) is 12.1 Å². The number of hydrogen-bond acceptors (Lipinski definition) is 2. The van der Waals surface area contributed by atoms with Crippen LogP contribution in [0.2, 0.25) is 5.02 Å². The van der Waals surface area contributed by atoms with Crippen LogP contribution in [-0.2, 0) is 12.7 Å². The molecule has 3 aromatic rings. The molecule has 0 saturated heterocycles. The SMILES string of the molecule is FC(F)(F)c1cccc(NC(=S)Nc2ccn(Cc3ccc(Cl)cc3)n2)c1. The number of benzene rings is 2. The van der Waals surface area contributed by atoms with Crippen LogP contribution in [0.15, 0.2) is 60.8 Å². The molecule has 1 heterocycles. The Bertz CT molecular complexity index is 938. The maximum Gasteiger partial charge on any atom is 0.416 e. The lowest BCUT2D eigenvalue weighted by Gasteiger charge is -2.11. The summed E-state index contributed by atoms with van der Waals surface area (Å²) < 4.78 is 40.0. The summed E-state index contributed by atoms with van der Waals surface area (Å²) in [6.07, 6.45) is -2.64. The summed E-state index contributed by atoms with van der Waals surface area (Å²) in [5, 5.41) is 10.7. The molecular formula is C18H14ClF3N4S. The first-order valence-corrected chi connectivity index (χ1v) is 8.61. The number of rotatable bonds is 4. The molecule has 0 aliphatic rings. The van der Waals surface area contributed by atoms with Crippen molar-refractivity contribution in [3.05, 3.63) is 76.9 Å². The first-order chi connectivity index (χ1) is 12.8. The average Bonchev–Trinajstić information content (AvgIpc) is 3.03. The molecule has 1 aromatic heterocycles. The Hall–Kier alpha value is -2.58. The zero-order valence-corrected chi connectivity index (χ0v) is 15.4. The topological polar surface area (TPSA) is 41.9 Å². The number of alkyl halides is 3. The molecule has 27 heavy (non-hydrogen) atoms. The average molecular weight is 411 g/mol. The van der Waals surface area contributed by atoms with Crippen molar-refractivity contribution in [1.29, 1.82) is 0 Å².